The predicted octanol–water partition coefficient (Wildman–Crippen LogP) is 3.36. The number of likely N-dealkylation sites (tertiary alicyclic amines) is 1. The molecule has 1 aromatic heterocycles. The third-order valence-corrected chi connectivity index (χ3v) is 5.48. The number of halogens is 1. The molecule has 27 heavy (non-hydrogen) atoms. The Balaban J connectivity index is 1.81. The highest BCUT2D eigenvalue weighted by Crippen LogP contribution is 2.32. The van der Waals surface area contributed by atoms with Crippen molar-refractivity contribution >= 4 is 39.2 Å². The molecule has 6 nitrogen and oxygen atoms in total. The highest BCUT2D eigenvalue weighted by molar-refractivity contribution is 9.10. The third-order valence-electron chi connectivity index (χ3n) is 4.83. The van der Waals surface area contributed by atoms with E-state index in [1.807, 2.05) is 49.2 Å². The van der Waals surface area contributed by atoms with E-state index in [9.17, 15) is 4.79 Å². The van der Waals surface area contributed by atoms with Gasteiger partial charge in [0.25, 0.3) is 0 Å². The largest absolute Gasteiger partial charge is 0.376 e. The summed E-state index contributed by atoms with van der Waals surface area (Å²) in [6, 6.07) is 7.56. The molecule has 8 heteroatoms. The Morgan fingerprint density at radius 3 is 2.74 bits per heavy atom. The number of hydrogen-bond acceptors (Lipinski definition) is 3. The maximum absolute atomic E-state index is 13.1. The number of carbonyl (C=O) groups is 1. The number of carbonyl (C=O) groups excluding carboxylic acids is 1. The van der Waals surface area contributed by atoms with E-state index < -0.39 is 6.04 Å². The molecule has 2 heterocycles. The minimum Gasteiger partial charge on any atom is -0.376 e. The van der Waals surface area contributed by atoms with Crippen LogP contribution in [0, 0.1) is 5.92 Å². The van der Waals surface area contributed by atoms with E-state index in [2.05, 4.69) is 31.2 Å². The van der Waals surface area contributed by atoms with E-state index in [1.165, 1.54) is 0 Å². The highest BCUT2D eigenvalue weighted by atomic mass is 79.9. The van der Waals surface area contributed by atoms with Crippen LogP contribution < -0.4 is 11.1 Å². The Bertz CT molecular complexity index is 820. The van der Waals surface area contributed by atoms with E-state index >= 15 is 0 Å². The average molecular weight is 450 g/mol. The molecule has 0 aliphatic carbocycles. The first-order chi connectivity index (χ1) is 12.9. The summed E-state index contributed by atoms with van der Waals surface area (Å²) in [7, 11) is 0. The summed E-state index contributed by atoms with van der Waals surface area (Å²) < 4.78 is 1.03. The Morgan fingerprint density at radius 1 is 1.41 bits per heavy atom. The Hall–Kier alpha value is -1.93. The van der Waals surface area contributed by atoms with Crippen LogP contribution in [-0.2, 0) is 4.79 Å². The Kier molecular flexibility index (Phi) is 6.16. The zero-order valence-corrected chi connectivity index (χ0v) is 17.8. The molecule has 1 saturated heterocycles. The smallest absolute Gasteiger partial charge is 0.246 e. The van der Waals surface area contributed by atoms with Gasteiger partial charge in [0.1, 0.15) is 11.9 Å². The molecule has 0 unspecified atom stereocenters. The fourth-order valence-corrected chi connectivity index (χ4v) is 3.83. The zero-order chi connectivity index (χ0) is 19.6. The van der Waals surface area contributed by atoms with Gasteiger partial charge >= 0.3 is 0 Å². The average Bonchev–Trinajstić information content (AvgIpc) is 3.28. The SMILES string of the molecule is CC(C)[C@H](NC(N)=S)C(=O)N1CCC[C@H]1c1ncc(-c2ccc(Br)cc2)[nH]1. The molecular formula is C19H24BrN5OS. The summed E-state index contributed by atoms with van der Waals surface area (Å²) in [6.07, 6.45) is 3.66. The number of H-pyrrole nitrogens is 1. The summed E-state index contributed by atoms with van der Waals surface area (Å²) >= 11 is 8.40. The summed E-state index contributed by atoms with van der Waals surface area (Å²) in [4.78, 5) is 23.0. The van der Waals surface area contributed by atoms with Crippen molar-refractivity contribution in [3.8, 4) is 11.3 Å². The molecule has 2 aromatic rings. The standard InChI is InChI=1S/C19H24BrN5OS/c1-11(2)16(24-19(21)27)18(26)25-9-3-4-15(25)17-22-10-14(23-17)12-5-7-13(20)8-6-12/h5-8,10-11,15-16H,3-4,9H2,1-2H3,(H,22,23)(H3,21,24,27)/t15-,16-/m0/s1. The maximum Gasteiger partial charge on any atom is 0.246 e. The van der Waals surface area contributed by atoms with Crippen molar-refractivity contribution in [1.29, 1.82) is 0 Å². The van der Waals surface area contributed by atoms with Crippen LogP contribution in [0.4, 0.5) is 0 Å². The van der Waals surface area contributed by atoms with Crippen molar-refractivity contribution in [1.82, 2.24) is 20.2 Å². The first kappa shape index (κ1) is 19.8. The molecule has 1 aliphatic heterocycles. The molecule has 144 valence electrons. The molecule has 3 rings (SSSR count). The van der Waals surface area contributed by atoms with E-state index in [-0.39, 0.29) is 23.0 Å². The van der Waals surface area contributed by atoms with Crippen LogP contribution in [0.2, 0.25) is 0 Å². The number of amides is 1. The number of rotatable bonds is 5. The number of hydrogen-bond donors (Lipinski definition) is 3. The second-order valence-corrected chi connectivity index (χ2v) is 8.46. The predicted molar refractivity (Wildman–Crippen MR) is 114 cm³/mol. The second-order valence-electron chi connectivity index (χ2n) is 7.11. The van der Waals surface area contributed by atoms with E-state index in [0.29, 0.717) is 6.54 Å². The van der Waals surface area contributed by atoms with E-state index in [4.69, 9.17) is 18.0 Å². The van der Waals surface area contributed by atoms with Crippen LogP contribution in [-0.4, -0.2) is 38.5 Å². The van der Waals surface area contributed by atoms with Crippen molar-refractivity contribution in [2.45, 2.75) is 38.8 Å². The van der Waals surface area contributed by atoms with Crippen molar-refractivity contribution in [2.75, 3.05) is 6.54 Å². The first-order valence-corrected chi connectivity index (χ1v) is 10.2. The number of aromatic amines is 1. The Morgan fingerprint density at radius 2 is 2.11 bits per heavy atom. The monoisotopic (exact) mass is 449 g/mol. The van der Waals surface area contributed by atoms with Crippen molar-refractivity contribution < 1.29 is 4.79 Å². The molecule has 0 bridgehead atoms. The minimum absolute atomic E-state index is 0.0156. The molecule has 2 atom stereocenters. The van der Waals surface area contributed by atoms with Gasteiger partial charge in [-0.15, -0.1) is 0 Å². The van der Waals surface area contributed by atoms with Crippen LogP contribution in [0.3, 0.4) is 0 Å². The molecule has 0 radical (unpaired) electrons. The molecule has 4 N–H and O–H groups in total. The highest BCUT2D eigenvalue weighted by Gasteiger charge is 2.36. The number of nitrogens with two attached hydrogens (primary N) is 1. The van der Waals surface area contributed by atoms with Gasteiger partial charge < -0.3 is 20.9 Å². The van der Waals surface area contributed by atoms with Gasteiger partial charge in [-0.2, -0.15) is 0 Å². The third kappa shape index (κ3) is 4.50. The molecule has 0 saturated carbocycles. The number of thiocarbonyl (C=S) groups is 1. The lowest BCUT2D eigenvalue weighted by molar-refractivity contribution is -0.135. The quantitative estimate of drug-likeness (QED) is 0.609. The van der Waals surface area contributed by atoms with E-state index in [1.54, 1.807) is 0 Å². The first-order valence-electron chi connectivity index (χ1n) is 9.04. The van der Waals surface area contributed by atoms with E-state index in [0.717, 1.165) is 34.4 Å². The number of nitrogens with zero attached hydrogens (tertiary/aromatic N) is 2. The number of nitrogens with one attached hydrogen (secondary N) is 2. The second kappa shape index (κ2) is 8.39. The molecule has 0 spiro atoms. The molecule has 1 aliphatic rings. The molecule has 1 amide bonds. The number of aromatic nitrogens is 2. The van der Waals surface area contributed by atoms with Crippen molar-refractivity contribution in [2.24, 2.45) is 11.7 Å². The fraction of sp³-hybridized carbons (Fsp3) is 0.421. The number of imidazole rings is 1. The topological polar surface area (TPSA) is 87.0 Å². The van der Waals surface area contributed by atoms with Gasteiger partial charge in [0.2, 0.25) is 5.91 Å². The number of benzene rings is 1. The van der Waals surface area contributed by atoms with Gasteiger partial charge in [0, 0.05) is 11.0 Å². The van der Waals surface area contributed by atoms with Crippen molar-refractivity contribution in [3.63, 3.8) is 0 Å². The minimum atomic E-state index is -0.427. The molecule has 1 aromatic carbocycles. The lowest BCUT2D eigenvalue weighted by Crippen LogP contribution is -2.52. The van der Waals surface area contributed by atoms with Gasteiger partial charge in [0.05, 0.1) is 17.9 Å². The van der Waals surface area contributed by atoms with Gasteiger partial charge in [-0.1, -0.05) is 41.9 Å². The van der Waals surface area contributed by atoms with Crippen LogP contribution in [0.25, 0.3) is 11.3 Å². The summed E-state index contributed by atoms with van der Waals surface area (Å²) in [6.45, 7) is 4.68. The van der Waals surface area contributed by atoms with Crippen LogP contribution >= 0.6 is 28.1 Å². The van der Waals surface area contributed by atoms with Gasteiger partial charge in [-0.05, 0) is 48.7 Å². The van der Waals surface area contributed by atoms with Crippen LogP contribution in [0.1, 0.15) is 38.6 Å². The molecule has 1 fully saturated rings. The lowest BCUT2D eigenvalue weighted by atomic mass is 10.0. The summed E-state index contributed by atoms with van der Waals surface area (Å²) in [5.41, 5.74) is 7.62. The summed E-state index contributed by atoms with van der Waals surface area (Å²) in [5, 5.41) is 3.09. The van der Waals surface area contributed by atoms with Crippen LogP contribution in [0.5, 0.6) is 0 Å². The van der Waals surface area contributed by atoms with Gasteiger partial charge in [-0.25, -0.2) is 4.98 Å². The van der Waals surface area contributed by atoms with Gasteiger partial charge in [0.15, 0.2) is 5.11 Å². The zero-order valence-electron chi connectivity index (χ0n) is 15.4. The maximum atomic E-state index is 13.1. The van der Waals surface area contributed by atoms with Gasteiger partial charge in [-0.3, -0.25) is 4.79 Å². The van der Waals surface area contributed by atoms with Crippen molar-refractivity contribution in [3.05, 3.63) is 40.8 Å². The normalized spacial score (nSPS) is 17.9. The van der Waals surface area contributed by atoms with Crippen LogP contribution in [0.15, 0.2) is 34.9 Å². The lowest BCUT2D eigenvalue weighted by Gasteiger charge is -2.30. The Labute approximate surface area is 173 Å². The molecular weight excluding hydrogens is 426 g/mol. The fourth-order valence-electron chi connectivity index (χ4n) is 3.44. The summed E-state index contributed by atoms with van der Waals surface area (Å²) in [5.74, 6) is 0.911.